The number of ether oxygens (including phenoxy) is 1. The first-order valence-corrected chi connectivity index (χ1v) is 10.3. The van der Waals surface area contributed by atoms with Gasteiger partial charge in [0.2, 0.25) is 5.95 Å². The summed E-state index contributed by atoms with van der Waals surface area (Å²) < 4.78 is 20.1. The standard InChI is InChI=1S/C22H23FN6O/c1-14(23)30-16-6-4-15(5-7-16)26-22-25-13-21-17(10-12-29(21)28-22)18-8-9-19-20(27-18)3-2-11-24-19/h2-3,8-16H,4-7H2,1H3,(H,26,28). The Labute approximate surface area is 173 Å². The van der Waals surface area contributed by atoms with E-state index in [-0.39, 0.29) is 12.1 Å². The Kier molecular flexibility index (Phi) is 5.00. The summed E-state index contributed by atoms with van der Waals surface area (Å²) in [4.78, 5) is 13.6. The van der Waals surface area contributed by atoms with Crippen molar-refractivity contribution in [1.82, 2.24) is 24.6 Å². The van der Waals surface area contributed by atoms with Crippen molar-refractivity contribution in [2.45, 2.75) is 51.1 Å². The van der Waals surface area contributed by atoms with Crippen molar-refractivity contribution in [3.05, 3.63) is 48.9 Å². The number of hydrogen-bond acceptors (Lipinski definition) is 6. The number of nitrogens with zero attached hydrogens (tertiary/aromatic N) is 5. The van der Waals surface area contributed by atoms with Crippen molar-refractivity contribution in [1.29, 1.82) is 0 Å². The molecule has 4 aromatic rings. The first-order chi connectivity index (χ1) is 14.7. The molecule has 154 valence electrons. The Morgan fingerprint density at radius 1 is 1.10 bits per heavy atom. The van der Waals surface area contributed by atoms with Gasteiger partial charge in [0.05, 0.1) is 34.5 Å². The molecule has 5 rings (SSSR count). The maximum atomic E-state index is 13.0. The molecule has 4 heterocycles. The third-order valence-corrected chi connectivity index (χ3v) is 5.54. The molecule has 1 saturated carbocycles. The van der Waals surface area contributed by atoms with Gasteiger partial charge in [-0.1, -0.05) is 0 Å². The summed E-state index contributed by atoms with van der Waals surface area (Å²) >= 11 is 0. The SMILES string of the molecule is CC(F)OC1CCC(Nc2ncc3c(-c4ccc5ncccc5n4)ccn3n2)CC1. The highest BCUT2D eigenvalue weighted by molar-refractivity contribution is 5.83. The highest BCUT2D eigenvalue weighted by Crippen LogP contribution is 2.27. The van der Waals surface area contributed by atoms with Crippen LogP contribution in [-0.4, -0.2) is 43.1 Å². The number of anilines is 1. The van der Waals surface area contributed by atoms with Gasteiger partial charge in [-0.25, -0.2) is 18.9 Å². The molecule has 0 bridgehead atoms. The molecule has 1 atom stereocenters. The normalized spacial score (nSPS) is 20.5. The van der Waals surface area contributed by atoms with Gasteiger partial charge < -0.3 is 10.1 Å². The maximum Gasteiger partial charge on any atom is 0.241 e. The van der Waals surface area contributed by atoms with E-state index in [2.05, 4.69) is 20.4 Å². The molecule has 0 saturated heterocycles. The Morgan fingerprint density at radius 3 is 2.80 bits per heavy atom. The Morgan fingerprint density at radius 2 is 1.97 bits per heavy atom. The summed E-state index contributed by atoms with van der Waals surface area (Å²) in [5.41, 5.74) is 4.46. The van der Waals surface area contributed by atoms with Crippen molar-refractivity contribution in [2.24, 2.45) is 0 Å². The molecule has 1 aliphatic carbocycles. The van der Waals surface area contributed by atoms with Crippen LogP contribution >= 0.6 is 0 Å². The van der Waals surface area contributed by atoms with Gasteiger partial charge in [0.15, 0.2) is 6.36 Å². The highest BCUT2D eigenvalue weighted by Gasteiger charge is 2.23. The van der Waals surface area contributed by atoms with Gasteiger partial charge in [-0.2, -0.15) is 0 Å². The monoisotopic (exact) mass is 406 g/mol. The summed E-state index contributed by atoms with van der Waals surface area (Å²) in [6.45, 7) is 1.43. The van der Waals surface area contributed by atoms with Crippen LogP contribution < -0.4 is 5.32 Å². The van der Waals surface area contributed by atoms with E-state index in [0.29, 0.717) is 5.95 Å². The van der Waals surface area contributed by atoms with Crippen molar-refractivity contribution in [3.8, 4) is 11.3 Å². The molecule has 0 aliphatic heterocycles. The third-order valence-electron chi connectivity index (χ3n) is 5.54. The lowest BCUT2D eigenvalue weighted by Crippen LogP contribution is -2.31. The number of fused-ring (bicyclic) bond motifs is 2. The molecule has 8 heteroatoms. The fourth-order valence-electron chi connectivity index (χ4n) is 4.08. The fraction of sp³-hybridized carbons (Fsp3) is 0.364. The van der Waals surface area contributed by atoms with E-state index >= 15 is 0 Å². The van der Waals surface area contributed by atoms with E-state index in [1.54, 1.807) is 6.20 Å². The first kappa shape index (κ1) is 18.9. The summed E-state index contributed by atoms with van der Waals surface area (Å²) in [6.07, 6.45) is 7.79. The number of halogens is 1. The van der Waals surface area contributed by atoms with Crippen LogP contribution in [0.15, 0.2) is 48.9 Å². The van der Waals surface area contributed by atoms with Gasteiger partial charge in [0.25, 0.3) is 0 Å². The summed E-state index contributed by atoms with van der Waals surface area (Å²) in [5, 5.41) is 8.01. The Hall–Kier alpha value is -3.13. The van der Waals surface area contributed by atoms with E-state index in [4.69, 9.17) is 9.72 Å². The van der Waals surface area contributed by atoms with E-state index in [9.17, 15) is 4.39 Å². The van der Waals surface area contributed by atoms with Crippen molar-refractivity contribution >= 4 is 22.5 Å². The minimum Gasteiger partial charge on any atom is -0.350 e. The van der Waals surface area contributed by atoms with E-state index in [1.165, 1.54) is 6.92 Å². The zero-order chi connectivity index (χ0) is 20.5. The van der Waals surface area contributed by atoms with Crippen LogP contribution in [0, 0.1) is 0 Å². The van der Waals surface area contributed by atoms with Gasteiger partial charge in [0.1, 0.15) is 0 Å². The number of aromatic nitrogens is 5. The molecule has 7 nitrogen and oxygen atoms in total. The van der Waals surface area contributed by atoms with Crippen molar-refractivity contribution < 1.29 is 9.13 Å². The number of nitrogens with one attached hydrogen (secondary N) is 1. The molecule has 0 radical (unpaired) electrons. The van der Waals surface area contributed by atoms with Crippen LogP contribution in [0.25, 0.3) is 27.8 Å². The summed E-state index contributed by atoms with van der Waals surface area (Å²) in [5.74, 6) is 0.587. The van der Waals surface area contributed by atoms with Gasteiger partial charge in [-0.15, -0.1) is 5.10 Å². The topological polar surface area (TPSA) is 77.2 Å². The fourth-order valence-corrected chi connectivity index (χ4v) is 4.08. The number of hydrogen-bond donors (Lipinski definition) is 1. The second-order valence-electron chi connectivity index (χ2n) is 7.68. The number of rotatable bonds is 5. The lowest BCUT2D eigenvalue weighted by Gasteiger charge is -2.29. The highest BCUT2D eigenvalue weighted by atomic mass is 19.1. The van der Waals surface area contributed by atoms with Gasteiger partial charge in [-0.3, -0.25) is 4.98 Å². The summed E-state index contributed by atoms with van der Waals surface area (Å²) in [7, 11) is 0. The molecule has 0 aromatic carbocycles. The largest absolute Gasteiger partial charge is 0.350 e. The third kappa shape index (κ3) is 3.82. The second-order valence-corrected chi connectivity index (χ2v) is 7.68. The second kappa shape index (κ2) is 7.95. The quantitative estimate of drug-likeness (QED) is 0.530. The average Bonchev–Trinajstić information content (AvgIpc) is 3.18. The number of alkyl halides is 1. The zero-order valence-corrected chi connectivity index (χ0v) is 16.7. The van der Waals surface area contributed by atoms with Crippen LogP contribution in [0.2, 0.25) is 0 Å². The average molecular weight is 406 g/mol. The lowest BCUT2D eigenvalue weighted by atomic mass is 9.93. The molecular formula is C22H23FN6O. The zero-order valence-electron chi connectivity index (χ0n) is 16.7. The lowest BCUT2D eigenvalue weighted by molar-refractivity contribution is -0.0862. The summed E-state index contributed by atoms with van der Waals surface area (Å²) in [6, 6.07) is 10.0. The molecule has 1 aliphatic rings. The van der Waals surface area contributed by atoms with Crippen LogP contribution in [0.3, 0.4) is 0 Å². The van der Waals surface area contributed by atoms with Crippen LogP contribution in [0.5, 0.6) is 0 Å². The maximum absolute atomic E-state index is 13.0. The predicted octanol–water partition coefficient (Wildman–Crippen LogP) is 4.39. The molecular weight excluding hydrogens is 383 g/mol. The minimum absolute atomic E-state index is 0.00288. The van der Waals surface area contributed by atoms with E-state index in [1.807, 2.05) is 47.2 Å². The molecule has 4 aromatic heterocycles. The van der Waals surface area contributed by atoms with Crippen molar-refractivity contribution in [2.75, 3.05) is 5.32 Å². The van der Waals surface area contributed by atoms with Gasteiger partial charge in [0, 0.05) is 24.0 Å². The van der Waals surface area contributed by atoms with E-state index in [0.717, 1.165) is 53.5 Å². The Balaban J connectivity index is 1.33. The van der Waals surface area contributed by atoms with Gasteiger partial charge in [-0.05, 0) is 62.9 Å². The van der Waals surface area contributed by atoms with Crippen molar-refractivity contribution in [3.63, 3.8) is 0 Å². The van der Waals surface area contributed by atoms with Crippen LogP contribution in [0.4, 0.5) is 10.3 Å². The smallest absolute Gasteiger partial charge is 0.241 e. The number of pyridine rings is 2. The molecule has 1 unspecified atom stereocenters. The molecule has 0 spiro atoms. The molecule has 30 heavy (non-hydrogen) atoms. The molecule has 0 amide bonds. The molecule has 1 N–H and O–H groups in total. The van der Waals surface area contributed by atoms with Crippen LogP contribution in [0.1, 0.15) is 32.6 Å². The molecule has 1 fully saturated rings. The van der Waals surface area contributed by atoms with Gasteiger partial charge >= 0.3 is 0 Å². The minimum atomic E-state index is -1.21. The Bertz CT molecular complexity index is 1170. The predicted molar refractivity (Wildman–Crippen MR) is 113 cm³/mol. The first-order valence-electron chi connectivity index (χ1n) is 10.3. The van der Waals surface area contributed by atoms with E-state index < -0.39 is 6.36 Å². The van der Waals surface area contributed by atoms with Crippen LogP contribution in [-0.2, 0) is 4.74 Å².